The van der Waals surface area contributed by atoms with Crippen molar-refractivity contribution in [3.8, 4) is 0 Å². The monoisotopic (exact) mass is 308 g/mol. The van der Waals surface area contributed by atoms with Crippen LogP contribution in [0, 0.1) is 11.7 Å². The van der Waals surface area contributed by atoms with Gasteiger partial charge in [0.2, 0.25) is 0 Å². The summed E-state index contributed by atoms with van der Waals surface area (Å²) in [6.07, 6.45) is 4.96. The van der Waals surface area contributed by atoms with Crippen molar-refractivity contribution in [2.24, 2.45) is 5.92 Å². The van der Waals surface area contributed by atoms with Crippen molar-refractivity contribution in [1.29, 1.82) is 0 Å². The van der Waals surface area contributed by atoms with Gasteiger partial charge in [-0.1, -0.05) is 48.6 Å². The molecule has 0 radical (unpaired) electrons. The molecule has 1 N–H and O–H groups in total. The van der Waals surface area contributed by atoms with Crippen molar-refractivity contribution in [1.82, 2.24) is 10.4 Å². The quantitative estimate of drug-likeness (QED) is 0.862. The third kappa shape index (κ3) is 2.35. The summed E-state index contributed by atoms with van der Waals surface area (Å²) in [7, 11) is 0. The van der Waals surface area contributed by atoms with Gasteiger partial charge in [-0.15, -0.1) is 0 Å². The zero-order chi connectivity index (χ0) is 15.8. The number of halogens is 1. The highest BCUT2D eigenvalue weighted by molar-refractivity contribution is 5.94. The first-order valence-electron chi connectivity index (χ1n) is 7.81. The number of carbonyl (C=O) groups excluding carboxylic acids is 1. The lowest BCUT2D eigenvalue weighted by Gasteiger charge is -2.22. The number of hydrogen-bond acceptors (Lipinski definition) is 2. The van der Waals surface area contributed by atoms with Crippen molar-refractivity contribution in [2.45, 2.75) is 18.5 Å². The van der Waals surface area contributed by atoms with Crippen LogP contribution >= 0.6 is 0 Å². The topological polar surface area (TPSA) is 32.3 Å². The SMILES string of the molecule is O=C(c1ccccc1)N1N[C@H](c2ccccc2F)[C@@H]2CC=C[C@@H]21. The fourth-order valence-corrected chi connectivity index (χ4v) is 3.54. The van der Waals surface area contributed by atoms with Gasteiger partial charge in [-0.3, -0.25) is 9.80 Å². The number of amides is 1. The largest absolute Gasteiger partial charge is 0.268 e. The Morgan fingerprint density at radius 1 is 1.09 bits per heavy atom. The van der Waals surface area contributed by atoms with Crippen molar-refractivity contribution >= 4 is 5.91 Å². The first-order chi connectivity index (χ1) is 11.3. The summed E-state index contributed by atoms with van der Waals surface area (Å²) >= 11 is 0. The summed E-state index contributed by atoms with van der Waals surface area (Å²) in [5.74, 6) is -0.143. The van der Waals surface area contributed by atoms with E-state index in [1.54, 1.807) is 29.3 Å². The van der Waals surface area contributed by atoms with E-state index >= 15 is 0 Å². The Morgan fingerprint density at radius 3 is 2.61 bits per heavy atom. The number of nitrogens with zero attached hydrogens (tertiary/aromatic N) is 1. The standard InChI is InChI=1S/C19H17FN2O/c20-16-11-5-4-9-14(16)18-15-10-6-12-17(15)22(21-18)19(23)13-7-2-1-3-8-13/h1-9,11-12,15,17-18,21H,10H2/t15-,17+,18-/m1/s1. The molecule has 23 heavy (non-hydrogen) atoms. The van der Waals surface area contributed by atoms with E-state index in [-0.39, 0.29) is 29.7 Å². The fraction of sp³-hybridized carbons (Fsp3) is 0.211. The summed E-state index contributed by atoms with van der Waals surface area (Å²) in [6, 6.07) is 15.7. The van der Waals surface area contributed by atoms with Gasteiger partial charge in [-0.2, -0.15) is 0 Å². The molecule has 0 spiro atoms. The van der Waals surface area contributed by atoms with Crippen molar-refractivity contribution < 1.29 is 9.18 Å². The van der Waals surface area contributed by atoms with E-state index in [1.165, 1.54) is 6.07 Å². The molecule has 1 fully saturated rings. The maximum atomic E-state index is 14.2. The van der Waals surface area contributed by atoms with E-state index < -0.39 is 0 Å². The minimum absolute atomic E-state index is 0.0349. The van der Waals surface area contributed by atoms with Crippen LogP contribution in [0.4, 0.5) is 4.39 Å². The molecule has 3 atom stereocenters. The van der Waals surface area contributed by atoms with E-state index in [0.717, 1.165) is 6.42 Å². The minimum atomic E-state index is -0.232. The molecule has 116 valence electrons. The first kappa shape index (κ1) is 14.2. The molecule has 1 saturated heterocycles. The molecule has 0 saturated carbocycles. The van der Waals surface area contributed by atoms with Gasteiger partial charge in [0.1, 0.15) is 5.82 Å². The highest BCUT2D eigenvalue weighted by Crippen LogP contribution is 2.41. The number of carbonyl (C=O) groups is 1. The fourth-order valence-electron chi connectivity index (χ4n) is 3.54. The average molecular weight is 308 g/mol. The molecule has 4 rings (SSSR count). The maximum Gasteiger partial charge on any atom is 0.268 e. The predicted octanol–water partition coefficient (Wildman–Crippen LogP) is 3.47. The van der Waals surface area contributed by atoms with Gasteiger partial charge in [0.15, 0.2) is 0 Å². The zero-order valence-corrected chi connectivity index (χ0v) is 12.5. The third-order valence-corrected chi connectivity index (χ3v) is 4.66. The van der Waals surface area contributed by atoms with Crippen LogP contribution < -0.4 is 5.43 Å². The van der Waals surface area contributed by atoms with E-state index in [9.17, 15) is 9.18 Å². The van der Waals surface area contributed by atoms with Crippen LogP contribution in [0.1, 0.15) is 28.4 Å². The van der Waals surface area contributed by atoms with Crippen LogP contribution in [0.25, 0.3) is 0 Å². The lowest BCUT2D eigenvalue weighted by atomic mass is 9.90. The smallest absolute Gasteiger partial charge is 0.268 e. The van der Waals surface area contributed by atoms with Crippen molar-refractivity contribution in [3.63, 3.8) is 0 Å². The van der Waals surface area contributed by atoms with Crippen LogP contribution in [0.2, 0.25) is 0 Å². The number of nitrogens with one attached hydrogen (secondary N) is 1. The molecule has 1 aliphatic carbocycles. The van der Waals surface area contributed by atoms with Crippen LogP contribution in [0.15, 0.2) is 66.7 Å². The maximum absolute atomic E-state index is 14.2. The minimum Gasteiger partial charge on any atom is -0.268 e. The molecule has 1 aliphatic heterocycles. The lowest BCUT2D eigenvalue weighted by Crippen LogP contribution is -2.42. The second kappa shape index (κ2) is 5.63. The highest BCUT2D eigenvalue weighted by atomic mass is 19.1. The lowest BCUT2D eigenvalue weighted by molar-refractivity contribution is 0.0668. The zero-order valence-electron chi connectivity index (χ0n) is 12.5. The Labute approximate surface area is 134 Å². The van der Waals surface area contributed by atoms with Gasteiger partial charge in [-0.25, -0.2) is 9.82 Å². The predicted molar refractivity (Wildman–Crippen MR) is 85.9 cm³/mol. The first-order valence-corrected chi connectivity index (χ1v) is 7.81. The molecular weight excluding hydrogens is 291 g/mol. The molecule has 1 heterocycles. The Morgan fingerprint density at radius 2 is 1.83 bits per heavy atom. The second-order valence-corrected chi connectivity index (χ2v) is 5.99. The van der Waals surface area contributed by atoms with E-state index in [1.807, 2.05) is 30.3 Å². The molecule has 0 unspecified atom stereocenters. The molecule has 3 nitrogen and oxygen atoms in total. The van der Waals surface area contributed by atoms with Crippen LogP contribution in [0.3, 0.4) is 0 Å². The number of allylic oxidation sites excluding steroid dienone is 1. The van der Waals surface area contributed by atoms with Crippen LogP contribution in [-0.2, 0) is 0 Å². The van der Waals surface area contributed by atoms with E-state index in [2.05, 4.69) is 11.5 Å². The molecule has 2 aromatic carbocycles. The van der Waals surface area contributed by atoms with Crippen molar-refractivity contribution in [3.05, 3.63) is 83.7 Å². The normalized spacial score (nSPS) is 25.6. The summed E-state index contributed by atoms with van der Waals surface area (Å²) in [4.78, 5) is 12.8. The van der Waals surface area contributed by atoms with E-state index in [0.29, 0.717) is 11.1 Å². The Hall–Kier alpha value is -2.46. The summed E-state index contributed by atoms with van der Waals surface area (Å²) in [5.41, 5.74) is 4.49. The molecule has 1 amide bonds. The summed E-state index contributed by atoms with van der Waals surface area (Å²) in [5, 5.41) is 1.65. The number of benzene rings is 2. The number of hydrazine groups is 1. The van der Waals surface area contributed by atoms with E-state index in [4.69, 9.17) is 0 Å². The highest BCUT2D eigenvalue weighted by Gasteiger charge is 2.45. The van der Waals surface area contributed by atoms with Gasteiger partial charge >= 0.3 is 0 Å². The van der Waals surface area contributed by atoms with Gasteiger partial charge in [0.25, 0.3) is 5.91 Å². The molecule has 2 aliphatic rings. The van der Waals surface area contributed by atoms with Gasteiger partial charge in [-0.05, 0) is 24.6 Å². The molecule has 4 heteroatoms. The number of hydrogen-bond donors (Lipinski definition) is 1. The third-order valence-electron chi connectivity index (χ3n) is 4.66. The van der Waals surface area contributed by atoms with Crippen molar-refractivity contribution in [2.75, 3.05) is 0 Å². The molecular formula is C19H17FN2O. The van der Waals surface area contributed by atoms with Gasteiger partial charge in [0.05, 0.1) is 12.1 Å². The number of fused-ring (bicyclic) bond motifs is 1. The molecule has 0 aromatic heterocycles. The average Bonchev–Trinajstić information content (AvgIpc) is 3.18. The summed E-state index contributed by atoms with van der Waals surface area (Å²) < 4.78 is 14.2. The molecule has 0 bridgehead atoms. The summed E-state index contributed by atoms with van der Waals surface area (Å²) in [6.45, 7) is 0. The van der Waals surface area contributed by atoms with Gasteiger partial charge < -0.3 is 0 Å². The van der Waals surface area contributed by atoms with Crippen LogP contribution in [-0.4, -0.2) is 17.0 Å². The van der Waals surface area contributed by atoms with Crippen LogP contribution in [0.5, 0.6) is 0 Å². The van der Waals surface area contributed by atoms with Gasteiger partial charge in [0, 0.05) is 17.0 Å². The Kier molecular flexibility index (Phi) is 3.46. The molecule has 2 aromatic rings. The Bertz CT molecular complexity index is 759. The second-order valence-electron chi connectivity index (χ2n) is 5.99. The Balaban J connectivity index is 1.67. The number of rotatable bonds is 2.